The van der Waals surface area contributed by atoms with Crippen molar-refractivity contribution in [3.63, 3.8) is 0 Å². The van der Waals surface area contributed by atoms with Crippen molar-refractivity contribution < 1.29 is 14.3 Å². The Hall–Kier alpha value is -3.84. The van der Waals surface area contributed by atoms with Crippen LogP contribution in [0.15, 0.2) is 54.6 Å². The molecule has 1 unspecified atom stereocenters. The third-order valence-electron chi connectivity index (χ3n) is 7.91. The maximum absolute atomic E-state index is 13.4. The summed E-state index contributed by atoms with van der Waals surface area (Å²) in [5, 5.41) is 8.95. The minimum absolute atomic E-state index is 0.0448. The largest absolute Gasteiger partial charge is 0.377 e. The molecule has 5 aliphatic rings. The van der Waals surface area contributed by atoms with E-state index in [9.17, 15) is 9.59 Å². The third-order valence-corrected chi connectivity index (χ3v) is 7.91. The number of rotatable bonds is 2. The molecule has 0 aliphatic carbocycles. The molecule has 4 aromatic rings. The molecule has 0 spiro atoms. The summed E-state index contributed by atoms with van der Waals surface area (Å²) in [6.07, 6.45) is 2.04. The summed E-state index contributed by atoms with van der Waals surface area (Å²) < 4.78 is 7.84. The average Bonchev–Trinajstić information content (AvgIpc) is 3.34. The molecular formula is C31H32N4O3. The zero-order valence-electron chi connectivity index (χ0n) is 21.9. The molecule has 7 heteroatoms. The van der Waals surface area contributed by atoms with Gasteiger partial charge in [0.1, 0.15) is 11.3 Å². The molecule has 0 radical (unpaired) electrons. The van der Waals surface area contributed by atoms with E-state index in [1.165, 1.54) is 5.56 Å². The zero-order valence-corrected chi connectivity index (χ0v) is 21.9. The Labute approximate surface area is 222 Å². The second kappa shape index (κ2) is 10.1. The van der Waals surface area contributed by atoms with Crippen molar-refractivity contribution >= 4 is 22.7 Å². The van der Waals surface area contributed by atoms with Gasteiger partial charge in [0.15, 0.2) is 0 Å². The van der Waals surface area contributed by atoms with Gasteiger partial charge in [0.25, 0.3) is 5.91 Å². The normalized spacial score (nSPS) is 17.9. The topological polar surface area (TPSA) is 77.3 Å². The molecule has 3 aromatic carbocycles. The fourth-order valence-corrected chi connectivity index (χ4v) is 5.82. The first kappa shape index (κ1) is 24.5. The van der Waals surface area contributed by atoms with Crippen LogP contribution in [0.1, 0.15) is 69.4 Å². The molecule has 0 N–H and O–H groups in total. The van der Waals surface area contributed by atoms with Crippen LogP contribution < -0.4 is 0 Å². The second-order valence-electron chi connectivity index (χ2n) is 10.5. The van der Waals surface area contributed by atoms with Gasteiger partial charge in [-0.1, -0.05) is 41.6 Å². The molecule has 1 amide bonds. The van der Waals surface area contributed by atoms with Crippen molar-refractivity contribution in [1.29, 1.82) is 0 Å². The van der Waals surface area contributed by atoms with Gasteiger partial charge in [-0.2, -0.15) is 0 Å². The summed E-state index contributed by atoms with van der Waals surface area (Å²) >= 11 is 0. The van der Waals surface area contributed by atoms with Gasteiger partial charge in [-0.3, -0.25) is 9.59 Å². The Balaban J connectivity index is 1.44. The lowest BCUT2D eigenvalue weighted by molar-refractivity contribution is -0.117. The lowest BCUT2D eigenvalue weighted by Crippen LogP contribution is -2.36. The van der Waals surface area contributed by atoms with Crippen LogP contribution in [0.2, 0.25) is 0 Å². The van der Waals surface area contributed by atoms with Gasteiger partial charge in [0, 0.05) is 44.1 Å². The van der Waals surface area contributed by atoms with Crippen molar-refractivity contribution in [3.05, 3.63) is 93.5 Å². The predicted molar refractivity (Wildman–Crippen MR) is 145 cm³/mol. The number of hydrogen-bond acceptors (Lipinski definition) is 5. The molecule has 9 bridgehead atoms. The number of aryl methyl sites for hydroxylation is 2. The first-order valence-corrected chi connectivity index (χ1v) is 13.4. The summed E-state index contributed by atoms with van der Waals surface area (Å²) in [4.78, 5) is 27.7. The third kappa shape index (κ3) is 4.63. The number of ether oxygens (including phenoxy) is 1. The van der Waals surface area contributed by atoms with E-state index in [4.69, 9.17) is 4.74 Å². The summed E-state index contributed by atoms with van der Waals surface area (Å²) in [6.45, 7) is 6.80. The molecular weight excluding hydrogens is 476 g/mol. The maximum atomic E-state index is 13.4. The molecule has 0 fully saturated rings. The SMILES string of the molecule is CC(=O)CC1c2ccc3c(c2)CN(CC3)C(=O)c2ccc(cc2)COCCCn2nnc3c(C)c1ccc32. The van der Waals surface area contributed by atoms with Gasteiger partial charge in [-0.05, 0) is 78.3 Å². The number of aromatic nitrogens is 3. The van der Waals surface area contributed by atoms with Crippen molar-refractivity contribution in [2.45, 2.75) is 58.7 Å². The van der Waals surface area contributed by atoms with Gasteiger partial charge in [-0.15, -0.1) is 5.10 Å². The number of carbonyl (C=O) groups excluding carboxylic acids is 2. The first-order chi connectivity index (χ1) is 18.5. The molecule has 9 rings (SSSR count). The maximum Gasteiger partial charge on any atom is 0.254 e. The van der Waals surface area contributed by atoms with Crippen molar-refractivity contribution in [1.82, 2.24) is 19.9 Å². The number of ketones is 1. The zero-order chi connectivity index (χ0) is 26.2. The number of benzene rings is 3. The van der Waals surface area contributed by atoms with E-state index in [2.05, 4.69) is 47.6 Å². The van der Waals surface area contributed by atoms with Crippen LogP contribution in [0, 0.1) is 6.92 Å². The fraction of sp³-hybridized carbons (Fsp3) is 0.355. The number of amides is 1. The van der Waals surface area contributed by atoms with Crippen LogP contribution in [0.4, 0.5) is 0 Å². The van der Waals surface area contributed by atoms with Crippen LogP contribution in [0.3, 0.4) is 0 Å². The van der Waals surface area contributed by atoms with Crippen LogP contribution in [0.5, 0.6) is 0 Å². The van der Waals surface area contributed by atoms with Crippen LogP contribution in [0.25, 0.3) is 11.0 Å². The summed E-state index contributed by atoms with van der Waals surface area (Å²) in [5.74, 6) is 0.0958. The quantitative estimate of drug-likeness (QED) is 0.382. The smallest absolute Gasteiger partial charge is 0.254 e. The van der Waals surface area contributed by atoms with E-state index >= 15 is 0 Å². The monoisotopic (exact) mass is 508 g/mol. The van der Waals surface area contributed by atoms with Gasteiger partial charge in [-0.25, -0.2) is 4.68 Å². The Morgan fingerprint density at radius 1 is 1.05 bits per heavy atom. The first-order valence-electron chi connectivity index (χ1n) is 13.4. The number of hydrogen-bond donors (Lipinski definition) is 0. The Bertz CT molecular complexity index is 1520. The van der Waals surface area contributed by atoms with E-state index < -0.39 is 0 Å². The minimum atomic E-state index is -0.0894. The Morgan fingerprint density at radius 2 is 1.89 bits per heavy atom. The highest BCUT2D eigenvalue weighted by Crippen LogP contribution is 2.35. The van der Waals surface area contributed by atoms with E-state index in [-0.39, 0.29) is 17.6 Å². The highest BCUT2D eigenvalue weighted by atomic mass is 16.5. The van der Waals surface area contributed by atoms with Gasteiger partial charge >= 0.3 is 0 Å². The summed E-state index contributed by atoms with van der Waals surface area (Å²) in [7, 11) is 0. The molecule has 1 aromatic heterocycles. The molecule has 194 valence electrons. The van der Waals surface area contributed by atoms with Gasteiger partial charge in [0.2, 0.25) is 0 Å². The van der Waals surface area contributed by atoms with Crippen LogP contribution in [-0.2, 0) is 35.6 Å². The Morgan fingerprint density at radius 3 is 2.71 bits per heavy atom. The van der Waals surface area contributed by atoms with E-state index in [1.807, 2.05) is 33.8 Å². The van der Waals surface area contributed by atoms with Crippen LogP contribution in [-0.4, -0.2) is 44.7 Å². The number of carbonyl (C=O) groups is 2. The summed E-state index contributed by atoms with van der Waals surface area (Å²) in [5.41, 5.74) is 9.26. The van der Waals surface area contributed by atoms with Crippen molar-refractivity contribution in [3.8, 4) is 0 Å². The lowest BCUT2D eigenvalue weighted by atomic mass is 9.82. The number of nitrogens with zero attached hydrogens (tertiary/aromatic N) is 4. The van der Waals surface area contributed by atoms with E-state index in [0.717, 1.165) is 51.7 Å². The van der Waals surface area contributed by atoms with E-state index in [0.29, 0.717) is 44.8 Å². The lowest BCUT2D eigenvalue weighted by Gasteiger charge is -2.30. The molecule has 0 saturated heterocycles. The summed E-state index contributed by atoms with van der Waals surface area (Å²) in [6, 6.07) is 18.5. The minimum Gasteiger partial charge on any atom is -0.377 e. The second-order valence-corrected chi connectivity index (χ2v) is 10.5. The highest BCUT2D eigenvalue weighted by molar-refractivity contribution is 5.94. The van der Waals surface area contributed by atoms with Gasteiger partial charge < -0.3 is 9.64 Å². The van der Waals surface area contributed by atoms with Crippen molar-refractivity contribution in [2.24, 2.45) is 0 Å². The highest BCUT2D eigenvalue weighted by Gasteiger charge is 2.26. The molecule has 0 saturated carbocycles. The average molecular weight is 509 g/mol. The fourth-order valence-electron chi connectivity index (χ4n) is 5.82. The number of Topliss-reactive ketones (excluding diaryl/α,β-unsaturated/α-hetero) is 1. The van der Waals surface area contributed by atoms with E-state index in [1.54, 1.807) is 6.92 Å². The van der Waals surface area contributed by atoms with Gasteiger partial charge in [0.05, 0.1) is 12.1 Å². The van der Waals surface area contributed by atoms with Crippen molar-refractivity contribution in [2.75, 3.05) is 13.2 Å². The predicted octanol–water partition coefficient (Wildman–Crippen LogP) is 4.97. The van der Waals surface area contributed by atoms with Crippen LogP contribution >= 0.6 is 0 Å². The standard InChI is InChI=1S/C31H32N4O3/c1-20(36)16-28-25-9-8-23-12-14-34(18-26(23)17-25)31(37)24-6-4-22(5-7-24)19-38-15-3-13-35-29-11-10-27(28)21(2)30(29)32-33-35/h4-11,17,28H,3,12-16,18-19H2,1-2H3. The molecule has 38 heavy (non-hydrogen) atoms. The molecule has 7 nitrogen and oxygen atoms in total. The molecule has 1 atom stereocenters. The molecule has 5 aliphatic heterocycles. The Kier molecular flexibility index (Phi) is 6.54. The molecule has 6 heterocycles.